The van der Waals surface area contributed by atoms with Crippen molar-refractivity contribution < 1.29 is 13.4 Å². The first-order valence-electron chi connectivity index (χ1n) is 37.3. The van der Waals surface area contributed by atoms with Crippen molar-refractivity contribution in [1.82, 2.24) is 44.6 Å². The summed E-state index contributed by atoms with van der Waals surface area (Å²) in [5, 5.41) is 17.5. The number of thiophene rings is 1. The molecule has 0 atom stereocenters. The first kappa shape index (κ1) is 140. The molecule has 9 rings (SSSR count). The number of H-pyrrole nitrogens is 3. The van der Waals surface area contributed by atoms with Crippen LogP contribution in [0.15, 0.2) is 195 Å². The average Bonchev–Trinajstić information content (AvgIpc) is 4.43. The zero-order chi connectivity index (χ0) is 82.0. The van der Waals surface area contributed by atoms with Crippen LogP contribution in [0.5, 0.6) is 0 Å². The van der Waals surface area contributed by atoms with Crippen molar-refractivity contribution in [3.05, 3.63) is 181 Å². The lowest BCUT2D eigenvalue weighted by Gasteiger charge is -1.79. The van der Waals surface area contributed by atoms with Crippen LogP contribution >= 0.6 is 34.2 Å². The molecule has 0 bridgehead atoms. The summed E-state index contributed by atoms with van der Waals surface area (Å²) in [5.74, 6) is 7.50. The molecule has 0 aliphatic heterocycles. The summed E-state index contributed by atoms with van der Waals surface area (Å²) in [6.07, 6.45) is 26.6. The highest BCUT2D eigenvalue weighted by molar-refractivity contribution is 7.07. The van der Waals surface area contributed by atoms with Gasteiger partial charge in [-0.15, -0.1) is 11.3 Å². The molecule has 0 unspecified atom stereocenters. The number of nitrogens with one attached hydrogen (secondary N) is 3. The molecule has 0 saturated carbocycles. The highest BCUT2D eigenvalue weighted by Crippen LogP contribution is 1.92. The molecule has 0 aliphatic rings. The molecule has 0 radical (unpaired) electrons. The van der Waals surface area contributed by atoms with Gasteiger partial charge in [0, 0.05) is 60.3 Å². The van der Waals surface area contributed by atoms with Gasteiger partial charge in [-0.25, -0.2) is 14.3 Å². The van der Waals surface area contributed by atoms with Crippen molar-refractivity contribution in [2.75, 3.05) is 0 Å². The van der Waals surface area contributed by atoms with Gasteiger partial charge in [0.25, 0.3) is 0 Å². The van der Waals surface area contributed by atoms with Gasteiger partial charge in [-0.1, -0.05) is 329 Å². The van der Waals surface area contributed by atoms with Gasteiger partial charge < -0.3 is 23.3 Å². The molecule has 12 nitrogen and oxygen atoms in total. The highest BCUT2D eigenvalue weighted by atomic mass is 32.1. The summed E-state index contributed by atoms with van der Waals surface area (Å²) < 4.78 is 17.2. The Morgan fingerprint density at radius 1 is 0.283 bits per heavy atom. The third-order valence-corrected chi connectivity index (χ3v) is 5.22. The molecule has 0 saturated heterocycles. The van der Waals surface area contributed by atoms with Crippen molar-refractivity contribution in [2.24, 2.45) is 53.3 Å². The molecule has 0 aromatic carbocycles. The van der Waals surface area contributed by atoms with Crippen molar-refractivity contribution in [3.8, 4) is 0 Å². The molecule has 3 N–H and O–H groups in total. The van der Waals surface area contributed by atoms with E-state index in [9.17, 15) is 0 Å². The van der Waals surface area contributed by atoms with Crippen LogP contribution in [0.2, 0.25) is 0 Å². The average molecular weight is 1460 g/mol. The number of oxazole rings is 1. The van der Waals surface area contributed by atoms with Crippen molar-refractivity contribution >= 4 is 34.2 Å². The number of hydrogen-bond acceptors (Lipinski definition) is 12. The number of furan rings is 1. The number of thiazole rings is 1. The van der Waals surface area contributed by atoms with E-state index in [4.69, 9.17) is 0 Å². The lowest BCUT2D eigenvalue weighted by molar-refractivity contribution is 0.420. The second-order valence-electron chi connectivity index (χ2n) is 22.3. The molecule has 9 aromatic heterocycles. The first-order chi connectivity index (χ1) is 47.1. The molecule has 594 valence electrons. The quantitative estimate of drug-likeness (QED) is 0.134. The Labute approximate surface area is 634 Å². The van der Waals surface area contributed by atoms with Crippen LogP contribution < -0.4 is 0 Å². The number of aromatic amines is 3. The monoisotopic (exact) mass is 1460 g/mol. The highest BCUT2D eigenvalue weighted by Gasteiger charge is 1.72. The van der Waals surface area contributed by atoms with E-state index < -0.39 is 0 Å². The number of imidazole rings is 1. The Morgan fingerprint density at radius 2 is 0.677 bits per heavy atom. The van der Waals surface area contributed by atoms with Gasteiger partial charge in [0.2, 0.25) is 0 Å². The van der Waals surface area contributed by atoms with E-state index in [1.165, 1.54) is 30.5 Å². The van der Waals surface area contributed by atoms with Gasteiger partial charge >= 0.3 is 0 Å². The first-order valence-corrected chi connectivity index (χ1v) is 40.0. The Kier molecular flexibility index (Phi) is 248. The van der Waals surface area contributed by atoms with Crippen LogP contribution in [-0.2, 0) is 0 Å². The maximum atomic E-state index is 4.58. The Morgan fingerprint density at radius 3 is 0.768 bits per heavy atom. The molecule has 0 amide bonds. The van der Waals surface area contributed by atoms with E-state index >= 15 is 0 Å². The maximum Gasteiger partial charge on any atom is 0.180 e. The molecule has 0 spiro atoms. The maximum absolute atomic E-state index is 4.58. The predicted molar refractivity (Wildman–Crippen MR) is 465 cm³/mol. The minimum Gasteiger partial charge on any atom is -0.473 e. The number of aromatic nitrogens is 9. The standard InChI is InChI=1S/C4H5N.C4H4O.C4H4S.9C4H10.2C3H4N2.2C3H3NO.2C3H3NS.9C2H6/c3*1-2-4-5-3-1;9*1-4(2)3;1-2-5-3-4-1;1-2-4-5-3-1;1-2-5-3-4-1;1-2-4-5-3-1;1-2-5-3-4-1;1-2-4-5-3-1;9*1-2/h1-5H;2*1-4H;9*4H,1-3H3;2*1-3H,(H,4,5);4*1-3H;9*1-2H3. The number of nitrogens with zero attached hydrogens (tertiary/aromatic N) is 6. The van der Waals surface area contributed by atoms with Crippen LogP contribution in [0.4, 0.5) is 0 Å². The number of rotatable bonds is 0. The lowest BCUT2D eigenvalue weighted by Crippen LogP contribution is -1.66. The summed E-state index contributed by atoms with van der Waals surface area (Å²) in [4.78, 5) is 16.6. The normalized spacial score (nSPS) is 7.45. The minimum absolute atomic E-state index is 0.833. The summed E-state index contributed by atoms with van der Waals surface area (Å²) in [6.45, 7) is 94.5. The third-order valence-electron chi connectivity index (χ3n) is 3.55. The van der Waals surface area contributed by atoms with E-state index in [1.54, 1.807) is 103 Å². The van der Waals surface area contributed by atoms with Crippen LogP contribution in [0.25, 0.3) is 0 Å². The van der Waals surface area contributed by atoms with Gasteiger partial charge in [0.05, 0.1) is 36.8 Å². The fourth-order valence-electron chi connectivity index (χ4n) is 1.86. The minimum atomic E-state index is 0.833. The lowest BCUT2D eigenvalue weighted by atomic mass is 10.3. The van der Waals surface area contributed by atoms with Crippen LogP contribution in [-0.4, -0.2) is 44.6 Å². The fourth-order valence-corrected chi connectivity index (χ4v) is 3.02. The van der Waals surface area contributed by atoms with E-state index in [2.05, 4.69) is 245 Å². The smallest absolute Gasteiger partial charge is 0.180 e. The van der Waals surface area contributed by atoms with Crippen molar-refractivity contribution in [2.45, 2.75) is 312 Å². The van der Waals surface area contributed by atoms with Crippen LogP contribution in [0, 0.1) is 53.3 Å². The van der Waals surface area contributed by atoms with Gasteiger partial charge in [0.15, 0.2) is 6.39 Å². The van der Waals surface area contributed by atoms with Crippen molar-refractivity contribution in [1.29, 1.82) is 0 Å². The SMILES string of the molecule is CC.CC.CC.CC.CC.CC.CC.CC.CC.CC(C)C.CC(C)C.CC(C)C.CC(C)C.CC(C)C.CC(C)C.CC(C)C.CC(C)C.CC(C)C.c1c[nH]cn1.c1cc[nH]c1.c1ccoc1.c1ccsc1.c1cn[nH]c1.c1cnoc1.c1cnsc1.c1cocn1.c1cscn1. The Hall–Kier alpha value is -5.64. The Balaban J connectivity index is -0.0000000433. The largest absolute Gasteiger partial charge is 0.473 e. The molecular weight excluding hydrogens is 1280 g/mol. The van der Waals surface area contributed by atoms with E-state index in [1.807, 2.05) is 207 Å². The van der Waals surface area contributed by atoms with Gasteiger partial charge in [-0.3, -0.25) is 10.1 Å². The number of hydrogen-bond donors (Lipinski definition) is 3. The van der Waals surface area contributed by atoms with Crippen molar-refractivity contribution in [3.63, 3.8) is 0 Å². The summed E-state index contributed by atoms with van der Waals surface area (Å²) in [5.41, 5.74) is 1.79. The summed E-state index contributed by atoms with van der Waals surface area (Å²) >= 11 is 4.78. The zero-order valence-corrected chi connectivity index (χ0v) is 76.6. The van der Waals surface area contributed by atoms with Gasteiger partial charge in [-0.2, -0.15) is 16.4 Å². The van der Waals surface area contributed by atoms with E-state index in [0.29, 0.717) is 0 Å². The summed E-state index contributed by atoms with van der Waals surface area (Å²) in [7, 11) is 0. The third kappa shape index (κ3) is 487. The zero-order valence-electron chi connectivity index (χ0n) is 74.1. The van der Waals surface area contributed by atoms with Crippen LogP contribution in [0.3, 0.4) is 0 Å². The van der Waals surface area contributed by atoms with Crippen LogP contribution in [0.1, 0.15) is 312 Å². The van der Waals surface area contributed by atoms with Gasteiger partial charge in [-0.05, 0) is 118 Å². The fraction of sp³-hybridized carbons (Fsp3) is 0.643. The molecule has 0 aliphatic carbocycles. The molecular formula is C84H177N9O3S3. The van der Waals surface area contributed by atoms with E-state index in [0.717, 1.165) is 53.3 Å². The van der Waals surface area contributed by atoms with Gasteiger partial charge in [0.1, 0.15) is 12.5 Å². The molecule has 0 fully saturated rings. The second kappa shape index (κ2) is 175. The topological polar surface area (TPSA) is 164 Å². The second-order valence-corrected chi connectivity index (χ2v) is 24.6. The summed E-state index contributed by atoms with van der Waals surface area (Å²) in [6, 6.07) is 17.1. The predicted octanol–water partition coefficient (Wildman–Crippen LogP) is 32.7. The molecule has 9 aromatic rings. The van der Waals surface area contributed by atoms with E-state index in [-0.39, 0.29) is 0 Å². The molecule has 99 heavy (non-hydrogen) atoms. The Bertz CT molecular complexity index is 1290. The molecule has 9 heterocycles. The molecule has 15 heteroatoms.